The molecule has 1 aliphatic carbocycles. The van der Waals surface area contributed by atoms with Crippen LogP contribution >= 0.6 is 0 Å². The molecule has 7 heteroatoms. The summed E-state index contributed by atoms with van der Waals surface area (Å²) in [5.41, 5.74) is 7.90. The molecular weight excluding hydrogens is 498 g/mol. The Bertz CT molecular complexity index is 1540. The number of hydrogen-bond acceptors (Lipinski definition) is 7. The highest BCUT2D eigenvalue weighted by atomic mass is 16.8. The maximum absolute atomic E-state index is 6.95. The molecule has 40 heavy (non-hydrogen) atoms. The minimum Gasteiger partial charge on any atom is -0.354 e. The zero-order valence-electron chi connectivity index (χ0n) is 22.4. The lowest BCUT2D eigenvalue weighted by molar-refractivity contribution is -0.183. The van der Waals surface area contributed by atoms with Crippen molar-refractivity contribution in [3.8, 4) is 0 Å². The number of azo groups is 1. The van der Waals surface area contributed by atoms with Crippen LogP contribution in [0.25, 0.3) is 0 Å². The molecule has 7 nitrogen and oxygen atoms in total. The van der Waals surface area contributed by atoms with Crippen molar-refractivity contribution in [2.75, 3.05) is 18.4 Å². The Morgan fingerprint density at radius 2 is 1.52 bits per heavy atom. The van der Waals surface area contributed by atoms with Crippen molar-refractivity contribution in [2.45, 2.75) is 37.8 Å². The number of ether oxygens (including phenoxy) is 2. The zero-order chi connectivity index (χ0) is 26.9. The van der Waals surface area contributed by atoms with Crippen LogP contribution in [0.2, 0.25) is 0 Å². The monoisotopic (exact) mass is 529 g/mol. The van der Waals surface area contributed by atoms with Gasteiger partial charge in [0.2, 0.25) is 0 Å². The third-order valence-corrected chi connectivity index (χ3v) is 7.81. The average Bonchev–Trinajstić information content (AvgIpc) is 3.74. The van der Waals surface area contributed by atoms with E-state index in [9.17, 15) is 0 Å². The Balaban J connectivity index is 1.24. The van der Waals surface area contributed by atoms with Crippen LogP contribution in [0.4, 0.5) is 17.1 Å². The van der Waals surface area contributed by atoms with Gasteiger partial charge in [0.15, 0.2) is 11.7 Å². The molecule has 4 aromatic rings. The summed E-state index contributed by atoms with van der Waals surface area (Å²) in [5, 5.41) is 16.1. The number of nitrogens with zero attached hydrogens (tertiary/aromatic N) is 3. The summed E-state index contributed by atoms with van der Waals surface area (Å²) >= 11 is 0. The van der Waals surface area contributed by atoms with Gasteiger partial charge in [-0.05, 0) is 53.8 Å². The van der Waals surface area contributed by atoms with Crippen LogP contribution in [-0.2, 0) is 21.7 Å². The summed E-state index contributed by atoms with van der Waals surface area (Å²) in [4.78, 5) is 4.43. The molecule has 3 aliphatic rings. The smallest absolute Gasteiger partial charge is 0.199 e. The van der Waals surface area contributed by atoms with Crippen LogP contribution in [0.15, 0.2) is 112 Å². The van der Waals surface area contributed by atoms with E-state index in [0.29, 0.717) is 0 Å². The molecule has 2 N–H and O–H groups in total. The van der Waals surface area contributed by atoms with Crippen molar-refractivity contribution < 1.29 is 9.47 Å². The van der Waals surface area contributed by atoms with E-state index in [1.165, 1.54) is 5.56 Å². The van der Waals surface area contributed by atoms with E-state index in [0.717, 1.165) is 71.2 Å². The highest BCUT2D eigenvalue weighted by Crippen LogP contribution is 2.58. The van der Waals surface area contributed by atoms with Crippen molar-refractivity contribution in [1.82, 2.24) is 5.32 Å². The summed E-state index contributed by atoms with van der Waals surface area (Å²) in [7, 11) is 0. The number of guanidine groups is 1. The highest BCUT2D eigenvalue weighted by Gasteiger charge is 2.54. The van der Waals surface area contributed by atoms with Gasteiger partial charge in [-0.25, -0.2) is 0 Å². The van der Waals surface area contributed by atoms with Crippen molar-refractivity contribution in [1.29, 1.82) is 0 Å². The normalized spacial score (nSPS) is 23.4. The van der Waals surface area contributed by atoms with Gasteiger partial charge in [-0.15, -0.1) is 0 Å². The second-order valence-electron chi connectivity index (χ2n) is 10.4. The number of nitrogens with one attached hydrogen (secondary N) is 2. The first-order valence-corrected chi connectivity index (χ1v) is 13.8. The van der Waals surface area contributed by atoms with Gasteiger partial charge in [-0.1, -0.05) is 78.9 Å². The number of aliphatic imine (C=N–C) groups is 1. The molecule has 2 unspecified atom stereocenters. The average molecular weight is 530 g/mol. The number of benzene rings is 4. The van der Waals surface area contributed by atoms with E-state index in [1.54, 1.807) is 0 Å². The van der Waals surface area contributed by atoms with Crippen molar-refractivity contribution in [2.24, 2.45) is 15.2 Å². The molecule has 1 spiro atoms. The Labute approximate surface area is 234 Å². The van der Waals surface area contributed by atoms with E-state index in [4.69, 9.17) is 19.7 Å². The molecule has 0 saturated carbocycles. The van der Waals surface area contributed by atoms with Gasteiger partial charge in [0.05, 0.1) is 17.9 Å². The van der Waals surface area contributed by atoms with Crippen LogP contribution in [0, 0.1) is 6.92 Å². The molecular formula is C33H31N5O2. The maximum Gasteiger partial charge on any atom is 0.199 e. The van der Waals surface area contributed by atoms with E-state index in [-0.39, 0.29) is 12.2 Å². The molecule has 0 aromatic heterocycles. The van der Waals surface area contributed by atoms with Gasteiger partial charge in [0.1, 0.15) is 12.2 Å². The summed E-state index contributed by atoms with van der Waals surface area (Å²) in [6.07, 6.45) is 1.11. The molecule has 0 bridgehead atoms. The van der Waals surface area contributed by atoms with Gasteiger partial charge in [0.25, 0.3) is 0 Å². The van der Waals surface area contributed by atoms with Crippen molar-refractivity contribution in [3.05, 3.63) is 125 Å². The van der Waals surface area contributed by atoms with Crippen LogP contribution in [0.3, 0.4) is 0 Å². The van der Waals surface area contributed by atoms with Gasteiger partial charge < -0.3 is 20.1 Å². The van der Waals surface area contributed by atoms with E-state index < -0.39 is 5.79 Å². The largest absolute Gasteiger partial charge is 0.354 e. The molecule has 200 valence electrons. The quantitative estimate of drug-likeness (QED) is 0.264. The molecule has 2 atom stereocenters. The molecule has 0 amide bonds. The lowest BCUT2D eigenvalue weighted by Crippen LogP contribution is -2.26. The van der Waals surface area contributed by atoms with E-state index in [2.05, 4.69) is 70.2 Å². The van der Waals surface area contributed by atoms with Crippen LogP contribution in [0.1, 0.15) is 46.4 Å². The SMILES string of the molecule is Cc1ccc(NC2=NCCN2)cc1N=Nc1cccc2c1C1(CC2)OC(c2ccccc2)C(c2ccccc2)O1. The number of hydrogen-bond donors (Lipinski definition) is 2. The second kappa shape index (κ2) is 10.3. The first-order valence-electron chi connectivity index (χ1n) is 13.8. The zero-order valence-corrected chi connectivity index (χ0v) is 22.4. The number of anilines is 1. The topological polar surface area (TPSA) is 79.6 Å². The predicted molar refractivity (Wildman–Crippen MR) is 156 cm³/mol. The summed E-state index contributed by atoms with van der Waals surface area (Å²) in [6, 6.07) is 33.0. The Morgan fingerprint density at radius 1 is 0.825 bits per heavy atom. The molecule has 1 fully saturated rings. The molecule has 2 heterocycles. The summed E-state index contributed by atoms with van der Waals surface area (Å²) in [6.45, 7) is 3.67. The summed E-state index contributed by atoms with van der Waals surface area (Å²) in [5.74, 6) is -0.109. The molecule has 7 rings (SSSR count). The van der Waals surface area contributed by atoms with Gasteiger partial charge in [0, 0.05) is 24.2 Å². The highest BCUT2D eigenvalue weighted by molar-refractivity contribution is 5.95. The summed E-state index contributed by atoms with van der Waals surface area (Å²) < 4.78 is 13.9. The fraction of sp³-hybridized carbons (Fsp3) is 0.242. The molecule has 0 radical (unpaired) electrons. The van der Waals surface area contributed by atoms with Gasteiger partial charge >= 0.3 is 0 Å². The lowest BCUT2D eigenvalue weighted by Gasteiger charge is -2.25. The Hall–Kier alpha value is -4.33. The van der Waals surface area contributed by atoms with Gasteiger partial charge in [-0.2, -0.15) is 10.2 Å². The maximum atomic E-state index is 6.95. The number of aryl methyl sites for hydroxylation is 2. The first kappa shape index (κ1) is 24.7. The van der Waals surface area contributed by atoms with Crippen molar-refractivity contribution in [3.63, 3.8) is 0 Å². The fourth-order valence-corrected chi connectivity index (χ4v) is 5.83. The van der Waals surface area contributed by atoms with E-state index >= 15 is 0 Å². The minimum atomic E-state index is -0.892. The molecule has 2 aliphatic heterocycles. The van der Waals surface area contributed by atoms with Crippen LogP contribution in [-0.4, -0.2) is 19.0 Å². The first-order chi connectivity index (χ1) is 19.7. The van der Waals surface area contributed by atoms with Gasteiger partial charge in [-0.3, -0.25) is 4.99 Å². The van der Waals surface area contributed by atoms with E-state index in [1.807, 2.05) is 49.4 Å². The second-order valence-corrected chi connectivity index (χ2v) is 10.4. The third kappa shape index (κ3) is 4.57. The molecule has 4 aromatic carbocycles. The lowest BCUT2D eigenvalue weighted by atomic mass is 9.99. The molecule has 1 saturated heterocycles. The number of rotatable bonds is 5. The predicted octanol–water partition coefficient (Wildman–Crippen LogP) is 7.41. The van der Waals surface area contributed by atoms with Crippen LogP contribution in [0.5, 0.6) is 0 Å². The van der Waals surface area contributed by atoms with Crippen molar-refractivity contribution >= 4 is 23.0 Å². The third-order valence-electron chi connectivity index (χ3n) is 7.81. The Morgan fingerprint density at radius 3 is 2.20 bits per heavy atom. The number of fused-ring (bicyclic) bond motifs is 2. The Kier molecular flexibility index (Phi) is 6.38. The minimum absolute atomic E-state index is 0.239. The van der Waals surface area contributed by atoms with Crippen LogP contribution < -0.4 is 10.6 Å². The fourth-order valence-electron chi connectivity index (χ4n) is 5.83. The standard InChI is InChI=1S/C33H31N5O2/c1-22-15-16-26(36-32-34-19-20-35-32)21-28(22)38-37-27-14-8-13-23-17-18-33(29(23)27)39-30(24-9-4-2-5-10-24)31(40-33)25-11-6-3-7-12-25/h2-16,21,30-31H,17-20H2,1H3,(H2,34,35,36).